The summed E-state index contributed by atoms with van der Waals surface area (Å²) in [5, 5.41) is 3.88. The molecule has 0 radical (unpaired) electrons. The van der Waals surface area contributed by atoms with Gasteiger partial charge in [-0.3, -0.25) is 4.68 Å². The maximum Gasteiger partial charge on any atom is 0.433 e. The third-order valence-corrected chi connectivity index (χ3v) is 2.04. The van der Waals surface area contributed by atoms with Crippen molar-refractivity contribution in [2.45, 2.75) is 6.18 Å². The van der Waals surface area contributed by atoms with Gasteiger partial charge >= 0.3 is 6.18 Å². The maximum absolute atomic E-state index is 12.4. The second-order valence-corrected chi connectivity index (χ2v) is 3.31. The van der Waals surface area contributed by atoms with Crippen LogP contribution in [-0.4, -0.2) is 14.8 Å². The van der Waals surface area contributed by atoms with Crippen molar-refractivity contribution in [3.63, 3.8) is 0 Å². The lowest BCUT2D eigenvalue weighted by atomic mass is 10.2. The van der Waals surface area contributed by atoms with E-state index in [0.29, 0.717) is 5.56 Å². The van der Waals surface area contributed by atoms with E-state index in [4.69, 9.17) is 0 Å². The summed E-state index contributed by atoms with van der Waals surface area (Å²) >= 11 is 0. The standard InChI is InChI=1S/C10H8F3N3/c1-16-6-7(5-14-16)8-3-2-4-9(15-8)10(11,12)13/h2-6H,1H3. The topological polar surface area (TPSA) is 30.7 Å². The fourth-order valence-corrected chi connectivity index (χ4v) is 1.31. The molecule has 0 aliphatic carbocycles. The Morgan fingerprint density at radius 3 is 2.56 bits per heavy atom. The Morgan fingerprint density at radius 2 is 2.00 bits per heavy atom. The van der Waals surface area contributed by atoms with Crippen molar-refractivity contribution in [1.29, 1.82) is 0 Å². The number of alkyl halides is 3. The lowest BCUT2D eigenvalue weighted by Crippen LogP contribution is -2.07. The van der Waals surface area contributed by atoms with Crippen LogP contribution in [0.4, 0.5) is 13.2 Å². The molecule has 0 N–H and O–H groups in total. The molecule has 0 amide bonds. The van der Waals surface area contributed by atoms with Crippen LogP contribution in [0.15, 0.2) is 30.6 Å². The van der Waals surface area contributed by atoms with Crippen molar-refractivity contribution in [1.82, 2.24) is 14.8 Å². The molecule has 0 unspecified atom stereocenters. The highest BCUT2D eigenvalue weighted by molar-refractivity contribution is 5.56. The zero-order valence-electron chi connectivity index (χ0n) is 8.36. The quantitative estimate of drug-likeness (QED) is 0.749. The lowest BCUT2D eigenvalue weighted by molar-refractivity contribution is -0.141. The van der Waals surface area contributed by atoms with Crippen molar-refractivity contribution < 1.29 is 13.2 Å². The smallest absolute Gasteiger partial charge is 0.275 e. The van der Waals surface area contributed by atoms with Gasteiger partial charge in [-0.05, 0) is 12.1 Å². The summed E-state index contributed by atoms with van der Waals surface area (Å²) in [6.07, 6.45) is -1.33. The van der Waals surface area contributed by atoms with Crippen LogP contribution in [0, 0.1) is 0 Å². The first-order chi connectivity index (χ1) is 7.47. The fraction of sp³-hybridized carbons (Fsp3) is 0.200. The summed E-state index contributed by atoms with van der Waals surface area (Å²) in [4.78, 5) is 3.55. The Morgan fingerprint density at radius 1 is 1.25 bits per heavy atom. The van der Waals surface area contributed by atoms with E-state index in [2.05, 4.69) is 10.1 Å². The minimum absolute atomic E-state index is 0.267. The zero-order valence-corrected chi connectivity index (χ0v) is 8.36. The molecule has 0 spiro atoms. The van der Waals surface area contributed by atoms with Gasteiger partial charge in [-0.25, -0.2) is 4.98 Å². The molecule has 2 aromatic rings. The SMILES string of the molecule is Cn1cc(-c2cccc(C(F)(F)F)n2)cn1. The van der Waals surface area contributed by atoms with Crippen LogP contribution < -0.4 is 0 Å². The first-order valence-corrected chi connectivity index (χ1v) is 4.50. The molecule has 6 heteroatoms. The Labute approximate surface area is 89.5 Å². The van der Waals surface area contributed by atoms with E-state index in [0.717, 1.165) is 6.07 Å². The Balaban J connectivity index is 2.44. The van der Waals surface area contributed by atoms with E-state index in [1.165, 1.54) is 23.0 Å². The van der Waals surface area contributed by atoms with Gasteiger partial charge in [-0.15, -0.1) is 0 Å². The molecule has 0 aliphatic heterocycles. The van der Waals surface area contributed by atoms with Gasteiger partial charge in [0, 0.05) is 18.8 Å². The summed E-state index contributed by atoms with van der Waals surface area (Å²) in [6, 6.07) is 3.80. The molecule has 0 fully saturated rings. The minimum atomic E-state index is -4.42. The molecular formula is C10H8F3N3. The number of halogens is 3. The van der Waals surface area contributed by atoms with E-state index in [1.807, 2.05) is 0 Å². The molecule has 0 saturated heterocycles. The highest BCUT2D eigenvalue weighted by atomic mass is 19.4. The van der Waals surface area contributed by atoms with E-state index in [-0.39, 0.29) is 5.69 Å². The predicted molar refractivity (Wildman–Crippen MR) is 51.4 cm³/mol. The maximum atomic E-state index is 12.4. The second-order valence-electron chi connectivity index (χ2n) is 3.31. The van der Waals surface area contributed by atoms with E-state index < -0.39 is 11.9 Å². The Hall–Kier alpha value is -1.85. The normalized spacial score (nSPS) is 11.8. The van der Waals surface area contributed by atoms with Crippen LogP contribution >= 0.6 is 0 Å². The molecule has 2 aromatic heterocycles. The highest BCUT2D eigenvalue weighted by Gasteiger charge is 2.32. The van der Waals surface area contributed by atoms with Crippen LogP contribution in [0.1, 0.15) is 5.69 Å². The number of aryl methyl sites for hydroxylation is 1. The summed E-state index contributed by atoms with van der Waals surface area (Å²) < 4.78 is 38.7. The molecule has 0 saturated carbocycles. The molecule has 0 aromatic carbocycles. The van der Waals surface area contributed by atoms with Crippen molar-refractivity contribution in [3.05, 3.63) is 36.3 Å². The zero-order chi connectivity index (χ0) is 11.8. The van der Waals surface area contributed by atoms with Crippen LogP contribution in [0.5, 0.6) is 0 Å². The van der Waals surface area contributed by atoms with Crippen molar-refractivity contribution in [2.24, 2.45) is 7.05 Å². The van der Waals surface area contributed by atoms with Gasteiger partial charge in [0.2, 0.25) is 0 Å². The average Bonchev–Trinajstić information content (AvgIpc) is 2.64. The monoisotopic (exact) mass is 227 g/mol. The average molecular weight is 227 g/mol. The number of rotatable bonds is 1. The summed E-state index contributed by atoms with van der Waals surface area (Å²) in [6.45, 7) is 0. The van der Waals surface area contributed by atoms with Crippen LogP contribution in [-0.2, 0) is 13.2 Å². The van der Waals surface area contributed by atoms with Crippen LogP contribution in [0.25, 0.3) is 11.3 Å². The molecule has 3 nitrogen and oxygen atoms in total. The Kier molecular flexibility index (Phi) is 2.41. The lowest BCUT2D eigenvalue weighted by Gasteiger charge is -2.06. The third kappa shape index (κ3) is 2.05. The number of nitrogens with zero attached hydrogens (tertiary/aromatic N) is 3. The highest BCUT2D eigenvalue weighted by Crippen LogP contribution is 2.29. The molecule has 2 rings (SSSR count). The summed E-state index contributed by atoms with van der Waals surface area (Å²) in [7, 11) is 1.69. The van der Waals surface area contributed by atoms with Gasteiger partial charge in [-0.2, -0.15) is 18.3 Å². The molecular weight excluding hydrogens is 219 g/mol. The number of hydrogen-bond acceptors (Lipinski definition) is 2. The van der Waals surface area contributed by atoms with Gasteiger partial charge in [0.1, 0.15) is 5.69 Å². The fourth-order valence-electron chi connectivity index (χ4n) is 1.31. The van der Waals surface area contributed by atoms with E-state index >= 15 is 0 Å². The van der Waals surface area contributed by atoms with E-state index in [9.17, 15) is 13.2 Å². The molecule has 2 heterocycles. The van der Waals surface area contributed by atoms with Crippen LogP contribution in [0.2, 0.25) is 0 Å². The largest absolute Gasteiger partial charge is 0.433 e. The Bertz CT molecular complexity index is 502. The van der Waals surface area contributed by atoms with Gasteiger partial charge in [0.15, 0.2) is 0 Å². The molecule has 0 aliphatic rings. The van der Waals surface area contributed by atoms with Crippen LogP contribution in [0.3, 0.4) is 0 Å². The van der Waals surface area contributed by atoms with Crippen molar-refractivity contribution in [2.75, 3.05) is 0 Å². The number of hydrogen-bond donors (Lipinski definition) is 0. The number of pyridine rings is 1. The van der Waals surface area contributed by atoms with E-state index in [1.54, 1.807) is 13.2 Å². The molecule has 0 atom stereocenters. The van der Waals surface area contributed by atoms with Gasteiger partial charge < -0.3 is 0 Å². The first kappa shape index (κ1) is 10.7. The van der Waals surface area contributed by atoms with Gasteiger partial charge in [0.25, 0.3) is 0 Å². The third-order valence-electron chi connectivity index (χ3n) is 2.04. The second kappa shape index (κ2) is 3.62. The van der Waals surface area contributed by atoms with Gasteiger partial charge in [-0.1, -0.05) is 6.07 Å². The first-order valence-electron chi connectivity index (χ1n) is 4.50. The van der Waals surface area contributed by atoms with Crippen molar-refractivity contribution >= 4 is 0 Å². The summed E-state index contributed by atoms with van der Waals surface area (Å²) in [5.41, 5.74) is -0.0645. The predicted octanol–water partition coefficient (Wildman–Crippen LogP) is 2.50. The molecule has 0 bridgehead atoms. The minimum Gasteiger partial charge on any atom is -0.275 e. The summed E-state index contributed by atoms with van der Waals surface area (Å²) in [5.74, 6) is 0. The molecule has 84 valence electrons. The van der Waals surface area contributed by atoms with Crippen molar-refractivity contribution in [3.8, 4) is 11.3 Å². The van der Waals surface area contributed by atoms with Gasteiger partial charge in [0.05, 0.1) is 11.9 Å². The number of aromatic nitrogens is 3. The molecule has 16 heavy (non-hydrogen) atoms.